The topological polar surface area (TPSA) is 84.3 Å². The van der Waals surface area contributed by atoms with Crippen molar-refractivity contribution in [1.29, 1.82) is 0 Å². The first-order valence-electron chi connectivity index (χ1n) is 9.38. The van der Waals surface area contributed by atoms with Crippen molar-refractivity contribution < 1.29 is 28.1 Å². The SMILES string of the molecule is CCNC(=NCC(O)c1ccc(OC(F)F)cc1)NCCCCOCCOC.I. The first-order valence-corrected chi connectivity index (χ1v) is 9.38. The van der Waals surface area contributed by atoms with Crippen molar-refractivity contribution in [2.45, 2.75) is 32.5 Å². The Morgan fingerprint density at radius 1 is 1.10 bits per heavy atom. The molecule has 10 heteroatoms. The number of unbranched alkanes of at least 4 members (excludes halogenated alkanes) is 1. The number of halogens is 3. The second kappa shape index (κ2) is 17.6. The van der Waals surface area contributed by atoms with Crippen molar-refractivity contribution >= 4 is 29.9 Å². The Bertz CT molecular complexity index is 551. The van der Waals surface area contributed by atoms with E-state index in [1.165, 1.54) is 12.1 Å². The summed E-state index contributed by atoms with van der Waals surface area (Å²) < 4.78 is 38.9. The van der Waals surface area contributed by atoms with Gasteiger partial charge in [-0.25, -0.2) is 0 Å². The van der Waals surface area contributed by atoms with E-state index in [2.05, 4.69) is 20.4 Å². The van der Waals surface area contributed by atoms with E-state index in [-0.39, 0.29) is 36.3 Å². The van der Waals surface area contributed by atoms with Crippen molar-refractivity contribution in [2.24, 2.45) is 4.99 Å². The van der Waals surface area contributed by atoms with Crippen LogP contribution in [0.4, 0.5) is 8.78 Å². The summed E-state index contributed by atoms with van der Waals surface area (Å²) in [5.74, 6) is 0.662. The predicted octanol–water partition coefficient (Wildman–Crippen LogP) is 2.94. The van der Waals surface area contributed by atoms with Crippen LogP contribution < -0.4 is 15.4 Å². The number of hydrogen-bond donors (Lipinski definition) is 3. The zero-order chi connectivity index (χ0) is 20.6. The molecule has 0 aliphatic carbocycles. The van der Waals surface area contributed by atoms with Crippen LogP contribution in [-0.2, 0) is 9.47 Å². The van der Waals surface area contributed by atoms with Crippen LogP contribution in [0.2, 0.25) is 0 Å². The monoisotopic (exact) mass is 531 g/mol. The maximum Gasteiger partial charge on any atom is 0.387 e. The highest BCUT2D eigenvalue weighted by molar-refractivity contribution is 14.0. The summed E-state index contributed by atoms with van der Waals surface area (Å²) in [6, 6.07) is 5.88. The Labute approximate surface area is 188 Å². The molecule has 1 unspecified atom stereocenters. The fourth-order valence-corrected chi connectivity index (χ4v) is 2.28. The Kier molecular flexibility index (Phi) is 16.9. The van der Waals surface area contributed by atoms with Crippen molar-refractivity contribution in [3.63, 3.8) is 0 Å². The van der Waals surface area contributed by atoms with Gasteiger partial charge in [-0.15, -0.1) is 24.0 Å². The minimum Gasteiger partial charge on any atom is -0.435 e. The van der Waals surface area contributed by atoms with E-state index >= 15 is 0 Å². The van der Waals surface area contributed by atoms with Gasteiger partial charge < -0.3 is 30.0 Å². The van der Waals surface area contributed by atoms with Crippen molar-refractivity contribution in [3.8, 4) is 5.75 Å². The molecular weight excluding hydrogens is 499 g/mol. The van der Waals surface area contributed by atoms with Crippen LogP contribution in [0.15, 0.2) is 29.3 Å². The van der Waals surface area contributed by atoms with Crippen LogP contribution >= 0.6 is 24.0 Å². The van der Waals surface area contributed by atoms with Crippen LogP contribution in [0.3, 0.4) is 0 Å². The molecule has 0 aliphatic heterocycles. The average molecular weight is 531 g/mol. The molecule has 0 bridgehead atoms. The quantitative estimate of drug-likeness (QED) is 0.148. The van der Waals surface area contributed by atoms with Gasteiger partial charge in [0, 0.05) is 26.8 Å². The number of hydrogen-bond acceptors (Lipinski definition) is 5. The molecule has 3 N–H and O–H groups in total. The summed E-state index contributed by atoms with van der Waals surface area (Å²) >= 11 is 0. The molecule has 0 amide bonds. The number of rotatable bonds is 14. The lowest BCUT2D eigenvalue weighted by molar-refractivity contribution is -0.0498. The summed E-state index contributed by atoms with van der Waals surface area (Å²) in [4.78, 5) is 4.36. The number of nitrogens with zero attached hydrogens (tertiary/aromatic N) is 1. The van der Waals surface area contributed by atoms with Gasteiger partial charge in [0.25, 0.3) is 0 Å². The Hall–Kier alpha value is -1.24. The second-order valence-electron chi connectivity index (χ2n) is 5.92. The zero-order valence-corrected chi connectivity index (χ0v) is 19.2. The minimum absolute atomic E-state index is 0. The van der Waals surface area contributed by atoms with Crippen molar-refractivity contribution in [1.82, 2.24) is 10.6 Å². The molecule has 29 heavy (non-hydrogen) atoms. The van der Waals surface area contributed by atoms with Crippen molar-refractivity contribution in [3.05, 3.63) is 29.8 Å². The summed E-state index contributed by atoms with van der Waals surface area (Å²) in [6.45, 7) is 2.54. The molecule has 0 heterocycles. The lowest BCUT2D eigenvalue weighted by Gasteiger charge is -2.14. The number of aliphatic imine (C=N–C) groups is 1. The lowest BCUT2D eigenvalue weighted by Crippen LogP contribution is -2.38. The van der Waals surface area contributed by atoms with E-state index < -0.39 is 12.7 Å². The molecule has 168 valence electrons. The van der Waals surface area contributed by atoms with Gasteiger partial charge in [0.1, 0.15) is 5.75 Å². The number of nitrogens with one attached hydrogen (secondary N) is 2. The summed E-state index contributed by atoms with van der Waals surface area (Å²) in [5, 5.41) is 16.6. The van der Waals surface area contributed by atoms with Gasteiger partial charge in [-0.1, -0.05) is 12.1 Å². The molecular formula is C19H32F2IN3O4. The number of methoxy groups -OCH3 is 1. The maximum absolute atomic E-state index is 12.2. The summed E-state index contributed by atoms with van der Waals surface area (Å²) in [5.41, 5.74) is 0.578. The van der Waals surface area contributed by atoms with Gasteiger partial charge in [0.15, 0.2) is 5.96 Å². The number of aliphatic hydroxyl groups excluding tert-OH is 1. The minimum atomic E-state index is -2.87. The highest BCUT2D eigenvalue weighted by Gasteiger charge is 2.09. The van der Waals surface area contributed by atoms with Gasteiger partial charge in [-0.2, -0.15) is 8.78 Å². The molecule has 0 aromatic heterocycles. The molecule has 0 radical (unpaired) electrons. The van der Waals surface area contributed by atoms with Gasteiger partial charge in [-0.3, -0.25) is 4.99 Å². The van der Waals surface area contributed by atoms with E-state index in [4.69, 9.17) is 9.47 Å². The van der Waals surface area contributed by atoms with E-state index in [1.54, 1.807) is 19.2 Å². The van der Waals surface area contributed by atoms with Crippen LogP contribution in [-0.4, -0.2) is 64.2 Å². The molecule has 7 nitrogen and oxygen atoms in total. The molecule has 0 fully saturated rings. The Morgan fingerprint density at radius 3 is 2.45 bits per heavy atom. The van der Waals surface area contributed by atoms with Gasteiger partial charge in [0.05, 0.1) is 25.9 Å². The third-order valence-electron chi connectivity index (χ3n) is 3.70. The van der Waals surface area contributed by atoms with E-state index in [1.807, 2.05) is 6.92 Å². The smallest absolute Gasteiger partial charge is 0.387 e. The highest BCUT2D eigenvalue weighted by atomic mass is 127. The van der Waals surface area contributed by atoms with E-state index in [0.717, 1.165) is 19.4 Å². The molecule has 0 aliphatic rings. The lowest BCUT2D eigenvalue weighted by atomic mass is 10.1. The molecule has 1 rings (SSSR count). The predicted molar refractivity (Wildman–Crippen MR) is 119 cm³/mol. The molecule has 1 atom stereocenters. The van der Waals surface area contributed by atoms with Crippen LogP contribution in [0.25, 0.3) is 0 Å². The number of guanidine groups is 1. The fraction of sp³-hybridized carbons (Fsp3) is 0.632. The van der Waals surface area contributed by atoms with Gasteiger partial charge in [0.2, 0.25) is 0 Å². The largest absolute Gasteiger partial charge is 0.435 e. The number of aliphatic hydroxyl groups is 1. The zero-order valence-electron chi connectivity index (χ0n) is 16.9. The normalized spacial score (nSPS) is 12.4. The third kappa shape index (κ3) is 13.6. The van der Waals surface area contributed by atoms with Crippen LogP contribution in [0.1, 0.15) is 31.4 Å². The first-order chi connectivity index (χ1) is 13.6. The molecule has 0 saturated heterocycles. The molecule has 0 saturated carbocycles. The van der Waals surface area contributed by atoms with Crippen molar-refractivity contribution in [2.75, 3.05) is 46.6 Å². The van der Waals surface area contributed by atoms with Gasteiger partial charge >= 0.3 is 6.61 Å². The number of ether oxygens (including phenoxy) is 3. The highest BCUT2D eigenvalue weighted by Crippen LogP contribution is 2.19. The fourth-order valence-electron chi connectivity index (χ4n) is 2.28. The molecule has 1 aromatic rings. The average Bonchev–Trinajstić information content (AvgIpc) is 2.68. The molecule has 1 aromatic carbocycles. The Morgan fingerprint density at radius 2 is 1.83 bits per heavy atom. The standard InChI is InChI=1S/C19H31F2N3O4.HI/c1-3-22-19(23-10-4-5-11-27-13-12-26-2)24-14-17(25)15-6-8-16(9-7-15)28-18(20)21;/h6-9,17-18,25H,3-5,10-14H2,1-2H3,(H2,22,23,24);1H. The van der Waals surface area contributed by atoms with E-state index in [0.29, 0.717) is 37.9 Å². The molecule has 0 spiro atoms. The number of alkyl halides is 2. The van der Waals surface area contributed by atoms with Crippen LogP contribution in [0, 0.1) is 0 Å². The first kappa shape index (κ1) is 27.8. The van der Waals surface area contributed by atoms with Crippen LogP contribution in [0.5, 0.6) is 5.75 Å². The summed E-state index contributed by atoms with van der Waals surface area (Å²) in [7, 11) is 1.64. The van der Waals surface area contributed by atoms with Gasteiger partial charge in [-0.05, 0) is 37.5 Å². The second-order valence-corrected chi connectivity index (χ2v) is 5.92. The summed E-state index contributed by atoms with van der Waals surface area (Å²) in [6.07, 6.45) is 1.00. The van der Waals surface area contributed by atoms with E-state index in [9.17, 15) is 13.9 Å². The Balaban J connectivity index is 0.00000784. The number of benzene rings is 1. The maximum atomic E-state index is 12.2. The third-order valence-corrected chi connectivity index (χ3v) is 3.70.